The molecular weight excluding hydrogens is 582 g/mol. The summed E-state index contributed by atoms with van der Waals surface area (Å²) >= 11 is 5.92. The number of amides is 3. The first kappa shape index (κ1) is 31.1. The zero-order valence-electron chi connectivity index (χ0n) is 21.7. The smallest absolute Gasteiger partial charge is 0.408 e. The number of hydrogen-bond acceptors (Lipinski definition) is 6. The van der Waals surface area contributed by atoms with Crippen LogP contribution in [-0.4, -0.2) is 55.9 Å². The molecule has 1 aliphatic rings. The third kappa shape index (κ3) is 7.42. The van der Waals surface area contributed by atoms with Gasteiger partial charge in [-0.05, 0) is 57.5 Å². The van der Waals surface area contributed by atoms with E-state index in [1.807, 2.05) is 0 Å². The van der Waals surface area contributed by atoms with Crippen molar-refractivity contribution in [1.29, 1.82) is 0 Å². The van der Waals surface area contributed by atoms with Crippen LogP contribution in [0.25, 0.3) is 0 Å². The number of carbonyl (C=O) groups excluding carboxylic acids is 3. The Kier molecular flexibility index (Phi) is 8.75. The molecule has 3 amide bonds. The van der Waals surface area contributed by atoms with E-state index in [0.29, 0.717) is 29.6 Å². The number of nitrogens with one attached hydrogen (secondary N) is 2. The summed E-state index contributed by atoms with van der Waals surface area (Å²) in [5.41, 5.74) is -1.93. The van der Waals surface area contributed by atoms with Crippen LogP contribution in [0.15, 0.2) is 41.3 Å². The van der Waals surface area contributed by atoms with Gasteiger partial charge in [0.1, 0.15) is 23.5 Å². The molecule has 0 aliphatic carbocycles. The van der Waals surface area contributed by atoms with E-state index < -0.39 is 79.3 Å². The lowest BCUT2D eigenvalue weighted by molar-refractivity contribution is -0.149. The van der Waals surface area contributed by atoms with Crippen molar-refractivity contribution in [3.05, 3.63) is 58.4 Å². The Balaban J connectivity index is 2.14. The van der Waals surface area contributed by atoms with Crippen LogP contribution in [-0.2, 0) is 25.9 Å². The Bertz CT molecular complexity index is 1430. The lowest BCUT2D eigenvalue weighted by atomic mass is 10.1. The van der Waals surface area contributed by atoms with E-state index in [2.05, 4.69) is 5.32 Å². The molecule has 0 saturated carbocycles. The second-order valence-electron chi connectivity index (χ2n) is 10.1. The standard InChI is InChI=1S/C25H26ClF4N3O6S/c1-13(25(28,29)30)31-21(34)16-9-19-20(10-17(16)27)40(37,38)12-18(32-23(36)39-24(2,3)4)22(35)33(19)11-14-5-7-15(26)8-6-14/h5-10,13,18H,11-12H2,1-4H3,(H,31,34)(H,32,36)/t13-,18-/m0/s1. The molecule has 0 aromatic heterocycles. The number of benzene rings is 2. The van der Waals surface area contributed by atoms with Gasteiger partial charge in [-0.3, -0.25) is 9.59 Å². The van der Waals surface area contributed by atoms with Crippen molar-refractivity contribution in [3.8, 4) is 0 Å². The van der Waals surface area contributed by atoms with Gasteiger partial charge in [0.15, 0.2) is 9.84 Å². The number of halogens is 5. The first-order chi connectivity index (χ1) is 18.3. The lowest BCUT2D eigenvalue weighted by Gasteiger charge is -2.27. The van der Waals surface area contributed by atoms with Crippen LogP contribution < -0.4 is 15.5 Å². The van der Waals surface area contributed by atoms with Crippen LogP contribution in [0.2, 0.25) is 5.02 Å². The number of alkyl halides is 3. The molecule has 2 aromatic rings. The van der Waals surface area contributed by atoms with Crippen molar-refractivity contribution in [3.63, 3.8) is 0 Å². The number of rotatable bonds is 5. The van der Waals surface area contributed by atoms with Crippen molar-refractivity contribution in [2.75, 3.05) is 10.7 Å². The average molecular weight is 608 g/mol. The quantitative estimate of drug-likeness (QED) is 0.487. The Hall–Kier alpha value is -3.39. The van der Waals surface area contributed by atoms with Gasteiger partial charge in [-0.25, -0.2) is 17.6 Å². The SMILES string of the molecule is C[C@H](NC(=O)c1cc2c(cc1F)S(=O)(=O)C[C@H](NC(=O)OC(C)(C)C)C(=O)N2Cc1ccc(Cl)cc1)C(F)(F)F. The summed E-state index contributed by atoms with van der Waals surface area (Å²) in [4.78, 5) is 38.9. The lowest BCUT2D eigenvalue weighted by Crippen LogP contribution is -2.51. The van der Waals surface area contributed by atoms with E-state index in [4.69, 9.17) is 16.3 Å². The minimum Gasteiger partial charge on any atom is -0.444 e. The minimum absolute atomic E-state index is 0.323. The number of fused-ring (bicyclic) bond motifs is 1. The first-order valence-corrected chi connectivity index (χ1v) is 13.8. The van der Waals surface area contributed by atoms with Gasteiger partial charge < -0.3 is 20.3 Å². The Morgan fingerprint density at radius 3 is 2.30 bits per heavy atom. The molecule has 1 aliphatic heterocycles. The maximum atomic E-state index is 15.0. The number of alkyl carbamates (subject to hydrolysis) is 1. The molecule has 2 atom stereocenters. The second kappa shape index (κ2) is 11.2. The molecule has 3 rings (SSSR count). The van der Waals surface area contributed by atoms with Gasteiger partial charge in [0.05, 0.1) is 28.4 Å². The number of sulfone groups is 1. The van der Waals surface area contributed by atoms with E-state index in [1.54, 1.807) is 26.1 Å². The predicted octanol–water partition coefficient (Wildman–Crippen LogP) is 4.37. The van der Waals surface area contributed by atoms with Gasteiger partial charge in [-0.2, -0.15) is 13.2 Å². The number of nitrogens with zero attached hydrogens (tertiary/aromatic N) is 1. The van der Waals surface area contributed by atoms with Crippen molar-refractivity contribution in [1.82, 2.24) is 10.6 Å². The van der Waals surface area contributed by atoms with Crippen LogP contribution in [0, 0.1) is 5.82 Å². The van der Waals surface area contributed by atoms with Crippen LogP contribution >= 0.6 is 11.6 Å². The first-order valence-electron chi connectivity index (χ1n) is 11.8. The molecule has 15 heteroatoms. The molecular formula is C25H26ClF4N3O6S. The van der Waals surface area contributed by atoms with Crippen LogP contribution in [0.4, 0.5) is 28.0 Å². The number of hydrogen-bond donors (Lipinski definition) is 2. The van der Waals surface area contributed by atoms with Crippen molar-refractivity contribution < 1.29 is 45.1 Å². The highest BCUT2D eigenvalue weighted by Crippen LogP contribution is 2.35. The number of carbonyl (C=O) groups is 3. The molecule has 0 spiro atoms. The molecule has 218 valence electrons. The maximum absolute atomic E-state index is 15.0. The third-order valence-electron chi connectivity index (χ3n) is 5.65. The molecule has 9 nitrogen and oxygen atoms in total. The van der Waals surface area contributed by atoms with Crippen LogP contribution in [0.3, 0.4) is 0 Å². The second-order valence-corrected chi connectivity index (χ2v) is 12.5. The molecule has 0 fully saturated rings. The number of anilines is 1. The minimum atomic E-state index is -4.84. The summed E-state index contributed by atoms with van der Waals surface area (Å²) in [5, 5.41) is 4.20. The molecule has 2 N–H and O–H groups in total. The van der Waals surface area contributed by atoms with Gasteiger partial charge >= 0.3 is 12.3 Å². The highest BCUT2D eigenvalue weighted by molar-refractivity contribution is 7.91. The van der Waals surface area contributed by atoms with Crippen LogP contribution in [0.1, 0.15) is 43.6 Å². The summed E-state index contributed by atoms with van der Waals surface area (Å²) in [6.07, 6.45) is -5.93. The highest BCUT2D eigenvalue weighted by atomic mass is 35.5. The monoisotopic (exact) mass is 607 g/mol. The third-order valence-corrected chi connectivity index (χ3v) is 7.67. The summed E-state index contributed by atoms with van der Waals surface area (Å²) in [5.74, 6) is -4.84. The van der Waals surface area contributed by atoms with Crippen molar-refractivity contribution in [2.45, 2.75) is 63.0 Å². The Morgan fingerprint density at radius 2 is 1.75 bits per heavy atom. The van der Waals surface area contributed by atoms with Crippen molar-refractivity contribution in [2.24, 2.45) is 0 Å². The van der Waals surface area contributed by atoms with E-state index in [-0.39, 0.29) is 6.54 Å². The van der Waals surface area contributed by atoms with E-state index >= 15 is 4.39 Å². The Morgan fingerprint density at radius 1 is 1.15 bits per heavy atom. The zero-order valence-corrected chi connectivity index (χ0v) is 23.3. The fourth-order valence-electron chi connectivity index (χ4n) is 3.71. The van der Waals surface area contributed by atoms with Gasteiger partial charge in [-0.15, -0.1) is 0 Å². The summed E-state index contributed by atoms with van der Waals surface area (Å²) in [6.45, 7) is 4.98. The normalized spacial score (nSPS) is 17.9. The van der Waals surface area contributed by atoms with Gasteiger partial charge in [0.2, 0.25) is 0 Å². The van der Waals surface area contributed by atoms with Crippen molar-refractivity contribution >= 4 is 45.0 Å². The largest absolute Gasteiger partial charge is 0.444 e. The predicted molar refractivity (Wildman–Crippen MR) is 137 cm³/mol. The fraction of sp³-hybridized carbons (Fsp3) is 0.400. The molecule has 2 aromatic carbocycles. The zero-order chi connectivity index (χ0) is 30.2. The maximum Gasteiger partial charge on any atom is 0.408 e. The molecule has 0 bridgehead atoms. The van der Waals surface area contributed by atoms with Gasteiger partial charge in [0.25, 0.3) is 11.8 Å². The summed E-state index contributed by atoms with van der Waals surface area (Å²) < 4.78 is 85.7. The molecule has 0 saturated heterocycles. The Labute approximate surface area is 232 Å². The number of ether oxygens (including phenoxy) is 1. The van der Waals surface area contributed by atoms with Gasteiger partial charge in [-0.1, -0.05) is 23.7 Å². The summed E-state index contributed by atoms with van der Waals surface area (Å²) in [7, 11) is -4.50. The molecule has 0 unspecified atom stereocenters. The fourth-order valence-corrected chi connectivity index (χ4v) is 5.45. The van der Waals surface area contributed by atoms with E-state index in [9.17, 15) is 36.0 Å². The van der Waals surface area contributed by atoms with Crippen LogP contribution in [0.5, 0.6) is 0 Å². The summed E-state index contributed by atoms with van der Waals surface area (Å²) in [6, 6.07) is 3.16. The van der Waals surface area contributed by atoms with Gasteiger partial charge in [0, 0.05) is 5.02 Å². The molecule has 0 radical (unpaired) electrons. The molecule has 1 heterocycles. The van der Waals surface area contributed by atoms with E-state index in [0.717, 1.165) is 4.90 Å². The molecule has 40 heavy (non-hydrogen) atoms. The highest BCUT2D eigenvalue weighted by Gasteiger charge is 2.41. The van der Waals surface area contributed by atoms with E-state index in [1.165, 1.54) is 24.3 Å². The average Bonchev–Trinajstić information content (AvgIpc) is 2.87. The topological polar surface area (TPSA) is 122 Å².